The van der Waals surface area contributed by atoms with Gasteiger partial charge in [0, 0.05) is 30.2 Å². The molecule has 0 spiro atoms. The van der Waals surface area contributed by atoms with Crippen molar-refractivity contribution in [3.05, 3.63) is 81.6 Å². The first-order valence-corrected chi connectivity index (χ1v) is 8.27. The second kappa shape index (κ2) is 6.97. The SMILES string of the molecule is O=[N+]([O-])c1cc(C=Nc2ccc3oc(-c4ccncc4)nc3c2)ccc1Cl. The lowest BCUT2D eigenvalue weighted by Gasteiger charge is -1.97. The molecule has 2 aromatic heterocycles. The van der Waals surface area contributed by atoms with Crippen molar-refractivity contribution in [3.8, 4) is 11.5 Å². The van der Waals surface area contributed by atoms with Crippen LogP contribution in [0.25, 0.3) is 22.6 Å². The smallest absolute Gasteiger partial charge is 0.288 e. The summed E-state index contributed by atoms with van der Waals surface area (Å²) in [6, 6.07) is 13.5. The van der Waals surface area contributed by atoms with Crippen LogP contribution >= 0.6 is 11.6 Å². The number of aromatic nitrogens is 2. The highest BCUT2D eigenvalue weighted by atomic mass is 35.5. The van der Waals surface area contributed by atoms with E-state index in [4.69, 9.17) is 16.0 Å². The first-order chi connectivity index (χ1) is 13.1. The van der Waals surface area contributed by atoms with E-state index in [-0.39, 0.29) is 10.7 Å². The van der Waals surface area contributed by atoms with Crippen molar-refractivity contribution < 1.29 is 9.34 Å². The fourth-order valence-corrected chi connectivity index (χ4v) is 2.70. The Kier molecular flexibility index (Phi) is 4.35. The lowest BCUT2D eigenvalue weighted by Crippen LogP contribution is -1.91. The van der Waals surface area contributed by atoms with Crippen LogP contribution in [0.1, 0.15) is 5.56 Å². The van der Waals surface area contributed by atoms with Gasteiger partial charge in [0.25, 0.3) is 5.69 Å². The van der Waals surface area contributed by atoms with Gasteiger partial charge in [-0.25, -0.2) is 4.98 Å². The van der Waals surface area contributed by atoms with Crippen LogP contribution in [-0.4, -0.2) is 21.1 Å². The highest BCUT2D eigenvalue weighted by molar-refractivity contribution is 6.32. The van der Waals surface area contributed by atoms with Crippen molar-refractivity contribution in [2.75, 3.05) is 0 Å². The third-order valence-electron chi connectivity index (χ3n) is 3.83. The summed E-state index contributed by atoms with van der Waals surface area (Å²) in [7, 11) is 0. The molecule has 27 heavy (non-hydrogen) atoms. The minimum absolute atomic E-state index is 0.0878. The molecule has 4 rings (SSSR count). The maximum atomic E-state index is 11.0. The summed E-state index contributed by atoms with van der Waals surface area (Å²) in [5.41, 5.74) is 3.20. The summed E-state index contributed by atoms with van der Waals surface area (Å²) in [4.78, 5) is 23.2. The molecule has 132 valence electrons. The van der Waals surface area contributed by atoms with Gasteiger partial charge in [-0.3, -0.25) is 20.1 Å². The molecule has 0 atom stereocenters. The summed E-state index contributed by atoms with van der Waals surface area (Å²) in [6.45, 7) is 0. The highest BCUT2D eigenvalue weighted by Crippen LogP contribution is 2.27. The van der Waals surface area contributed by atoms with Crippen molar-refractivity contribution in [1.82, 2.24) is 9.97 Å². The zero-order valence-electron chi connectivity index (χ0n) is 13.7. The van der Waals surface area contributed by atoms with E-state index in [1.54, 1.807) is 36.7 Å². The maximum Gasteiger partial charge on any atom is 0.288 e. The molecule has 0 bridgehead atoms. The highest BCUT2D eigenvalue weighted by Gasteiger charge is 2.12. The topological polar surface area (TPSA) is 94.4 Å². The second-order valence-electron chi connectivity index (χ2n) is 5.63. The van der Waals surface area contributed by atoms with E-state index in [1.807, 2.05) is 12.1 Å². The number of aliphatic imine (C=N–C) groups is 1. The molecule has 0 fully saturated rings. The molecule has 0 N–H and O–H groups in total. The summed E-state index contributed by atoms with van der Waals surface area (Å²) in [5, 5.41) is 11.1. The van der Waals surface area contributed by atoms with Crippen molar-refractivity contribution in [3.63, 3.8) is 0 Å². The van der Waals surface area contributed by atoms with Gasteiger partial charge in [0.05, 0.1) is 10.6 Å². The fourth-order valence-electron chi connectivity index (χ4n) is 2.51. The predicted molar refractivity (Wildman–Crippen MR) is 103 cm³/mol. The number of nitrogens with zero attached hydrogens (tertiary/aromatic N) is 4. The summed E-state index contributed by atoms with van der Waals surface area (Å²) in [5.74, 6) is 0.502. The van der Waals surface area contributed by atoms with E-state index in [2.05, 4.69) is 15.0 Å². The van der Waals surface area contributed by atoms with E-state index >= 15 is 0 Å². The Morgan fingerprint density at radius 2 is 1.93 bits per heavy atom. The van der Waals surface area contributed by atoms with Crippen molar-refractivity contribution in [2.24, 2.45) is 4.99 Å². The number of rotatable bonds is 4. The van der Waals surface area contributed by atoms with Crippen LogP contribution in [-0.2, 0) is 0 Å². The number of hydrogen-bond donors (Lipinski definition) is 0. The van der Waals surface area contributed by atoms with Gasteiger partial charge in [-0.1, -0.05) is 17.7 Å². The number of halogens is 1. The average Bonchev–Trinajstić information content (AvgIpc) is 3.11. The number of nitro groups is 1. The second-order valence-corrected chi connectivity index (χ2v) is 6.04. The first-order valence-electron chi connectivity index (χ1n) is 7.89. The van der Waals surface area contributed by atoms with Crippen molar-refractivity contribution >= 4 is 40.3 Å². The van der Waals surface area contributed by atoms with E-state index in [9.17, 15) is 10.1 Å². The van der Waals surface area contributed by atoms with Gasteiger partial charge in [-0.05, 0) is 42.0 Å². The molecule has 0 aliphatic rings. The van der Waals surface area contributed by atoms with Crippen LogP contribution in [0, 0.1) is 10.1 Å². The Bertz CT molecular complexity index is 1170. The Balaban J connectivity index is 1.64. The number of nitro benzene ring substituents is 1. The third-order valence-corrected chi connectivity index (χ3v) is 4.15. The van der Waals surface area contributed by atoms with Crippen LogP contribution in [0.5, 0.6) is 0 Å². The molecule has 0 aliphatic heterocycles. The van der Waals surface area contributed by atoms with E-state index < -0.39 is 4.92 Å². The number of pyridine rings is 1. The lowest BCUT2D eigenvalue weighted by atomic mass is 10.2. The summed E-state index contributed by atoms with van der Waals surface area (Å²) in [6.07, 6.45) is 4.88. The van der Waals surface area contributed by atoms with Gasteiger partial charge >= 0.3 is 0 Å². The van der Waals surface area contributed by atoms with Crippen LogP contribution in [0.2, 0.25) is 5.02 Å². The molecule has 2 heterocycles. The number of oxazole rings is 1. The van der Waals surface area contributed by atoms with Gasteiger partial charge in [-0.2, -0.15) is 0 Å². The van der Waals surface area contributed by atoms with Crippen LogP contribution in [0.3, 0.4) is 0 Å². The predicted octanol–water partition coefficient (Wildman–Crippen LogP) is 5.20. The zero-order valence-corrected chi connectivity index (χ0v) is 14.5. The molecule has 0 saturated carbocycles. The van der Waals surface area contributed by atoms with E-state index in [1.165, 1.54) is 18.3 Å². The minimum Gasteiger partial charge on any atom is -0.436 e. The molecule has 4 aromatic rings. The van der Waals surface area contributed by atoms with E-state index in [0.29, 0.717) is 28.2 Å². The van der Waals surface area contributed by atoms with Gasteiger partial charge in [0.1, 0.15) is 10.5 Å². The van der Waals surface area contributed by atoms with Crippen LogP contribution in [0.4, 0.5) is 11.4 Å². The van der Waals surface area contributed by atoms with Gasteiger partial charge in [-0.15, -0.1) is 0 Å². The monoisotopic (exact) mass is 378 g/mol. The lowest BCUT2D eigenvalue weighted by molar-refractivity contribution is -0.384. The molecular formula is C19H11ClN4O3. The molecule has 0 aliphatic carbocycles. The van der Waals surface area contributed by atoms with Crippen molar-refractivity contribution in [1.29, 1.82) is 0 Å². The molecule has 0 amide bonds. The summed E-state index contributed by atoms with van der Waals surface area (Å²) < 4.78 is 5.75. The van der Waals surface area contributed by atoms with Gasteiger partial charge in [0.15, 0.2) is 5.58 Å². The minimum atomic E-state index is -0.526. The quantitative estimate of drug-likeness (QED) is 0.276. The molecular weight excluding hydrogens is 368 g/mol. The Hall–Kier alpha value is -3.58. The molecule has 0 saturated heterocycles. The molecule has 7 nitrogen and oxygen atoms in total. The van der Waals surface area contributed by atoms with Gasteiger partial charge < -0.3 is 4.42 Å². The summed E-state index contributed by atoms with van der Waals surface area (Å²) >= 11 is 5.82. The standard InChI is InChI=1S/C19H11ClN4O3/c20-15-3-1-12(9-17(15)24(25)26)11-22-14-2-4-18-16(10-14)23-19(27-18)13-5-7-21-8-6-13/h1-11H. The van der Waals surface area contributed by atoms with Gasteiger partial charge in [0.2, 0.25) is 5.89 Å². The number of fused-ring (bicyclic) bond motifs is 1. The Morgan fingerprint density at radius 3 is 2.70 bits per heavy atom. The molecule has 0 radical (unpaired) electrons. The average molecular weight is 379 g/mol. The largest absolute Gasteiger partial charge is 0.436 e. The van der Waals surface area contributed by atoms with Crippen molar-refractivity contribution in [2.45, 2.75) is 0 Å². The normalized spacial score (nSPS) is 11.3. The number of hydrogen-bond acceptors (Lipinski definition) is 6. The number of benzene rings is 2. The van der Waals surface area contributed by atoms with E-state index in [0.717, 1.165) is 5.56 Å². The zero-order chi connectivity index (χ0) is 18.8. The Labute approximate surface area is 158 Å². The molecule has 2 aromatic carbocycles. The third kappa shape index (κ3) is 3.54. The van der Waals surface area contributed by atoms with Crippen LogP contribution in [0.15, 0.2) is 70.3 Å². The van der Waals surface area contributed by atoms with Crippen LogP contribution < -0.4 is 0 Å². The first kappa shape index (κ1) is 16.9. The molecule has 0 unspecified atom stereocenters. The maximum absolute atomic E-state index is 11.0. The fraction of sp³-hybridized carbons (Fsp3) is 0. The Morgan fingerprint density at radius 1 is 1.11 bits per heavy atom. The molecule has 8 heteroatoms.